The zero-order valence-corrected chi connectivity index (χ0v) is 14.2. The van der Waals surface area contributed by atoms with Gasteiger partial charge in [0.15, 0.2) is 0 Å². The second kappa shape index (κ2) is 8.39. The normalized spacial score (nSPS) is 19.0. The third kappa shape index (κ3) is 4.62. The van der Waals surface area contributed by atoms with E-state index in [1.165, 1.54) is 19.3 Å². The molecule has 1 saturated heterocycles. The molecule has 0 saturated carbocycles. The number of hydrogen-bond donors (Lipinski definition) is 1. The van der Waals surface area contributed by atoms with Gasteiger partial charge in [-0.25, -0.2) is 0 Å². The molecule has 0 spiro atoms. The first-order valence-corrected chi connectivity index (χ1v) is 8.35. The van der Waals surface area contributed by atoms with Crippen LogP contribution in [0.2, 0.25) is 5.02 Å². The van der Waals surface area contributed by atoms with Crippen molar-refractivity contribution in [1.82, 2.24) is 10.2 Å². The lowest BCUT2D eigenvalue weighted by Gasteiger charge is -2.34. The monoisotopic (exact) mass is 324 g/mol. The average molecular weight is 325 g/mol. The van der Waals surface area contributed by atoms with Crippen LogP contribution in [0.3, 0.4) is 0 Å². The number of likely N-dealkylation sites (tertiary alicyclic amines) is 1. The summed E-state index contributed by atoms with van der Waals surface area (Å²) in [6.07, 6.45) is 4.77. The molecule has 0 aliphatic carbocycles. The molecule has 0 radical (unpaired) electrons. The highest BCUT2D eigenvalue weighted by molar-refractivity contribution is 6.30. The van der Waals surface area contributed by atoms with Crippen molar-refractivity contribution in [2.24, 2.45) is 0 Å². The lowest BCUT2D eigenvalue weighted by molar-refractivity contribution is -0.123. The number of carbonyl (C=O) groups excluding carboxylic acids is 1. The molecule has 1 heterocycles. The summed E-state index contributed by atoms with van der Waals surface area (Å²) in [7, 11) is 1.62. The molecule has 1 amide bonds. The van der Waals surface area contributed by atoms with E-state index >= 15 is 0 Å². The van der Waals surface area contributed by atoms with Crippen molar-refractivity contribution < 1.29 is 9.53 Å². The fourth-order valence-electron chi connectivity index (χ4n) is 3.05. The fraction of sp³-hybridized carbons (Fsp3) is 0.588. The van der Waals surface area contributed by atoms with Crippen LogP contribution in [0.1, 0.15) is 38.2 Å². The SMILES string of the molecule is CCC1CCCCN1CC(=O)NCc1cc(Cl)ccc1OC. The van der Waals surface area contributed by atoms with Crippen molar-refractivity contribution in [3.63, 3.8) is 0 Å². The molecule has 1 N–H and O–H groups in total. The van der Waals surface area contributed by atoms with Crippen LogP contribution >= 0.6 is 11.6 Å². The summed E-state index contributed by atoms with van der Waals surface area (Å²) in [6.45, 7) is 4.12. The van der Waals surface area contributed by atoms with Gasteiger partial charge in [-0.05, 0) is 44.0 Å². The second-order valence-electron chi connectivity index (χ2n) is 5.76. The maximum atomic E-state index is 12.2. The predicted octanol–water partition coefficient (Wildman–Crippen LogP) is 3.23. The van der Waals surface area contributed by atoms with Crippen LogP contribution in [0.15, 0.2) is 18.2 Å². The highest BCUT2D eigenvalue weighted by Gasteiger charge is 2.22. The van der Waals surface area contributed by atoms with E-state index in [2.05, 4.69) is 17.1 Å². The Kier molecular flexibility index (Phi) is 6.52. The summed E-state index contributed by atoms with van der Waals surface area (Å²) in [5.74, 6) is 0.802. The van der Waals surface area contributed by atoms with Gasteiger partial charge in [0.25, 0.3) is 0 Å². The Morgan fingerprint density at radius 1 is 1.45 bits per heavy atom. The fourth-order valence-corrected chi connectivity index (χ4v) is 3.24. The van der Waals surface area contributed by atoms with Crippen LogP contribution in [0.4, 0.5) is 0 Å². The molecule has 1 aromatic rings. The summed E-state index contributed by atoms with van der Waals surface area (Å²) in [4.78, 5) is 14.5. The highest BCUT2D eigenvalue weighted by Crippen LogP contribution is 2.22. The van der Waals surface area contributed by atoms with Crippen molar-refractivity contribution in [3.05, 3.63) is 28.8 Å². The number of methoxy groups -OCH3 is 1. The van der Waals surface area contributed by atoms with E-state index in [0.29, 0.717) is 24.2 Å². The summed E-state index contributed by atoms with van der Waals surface area (Å²) in [5.41, 5.74) is 0.897. The Morgan fingerprint density at radius 2 is 2.27 bits per heavy atom. The van der Waals surface area contributed by atoms with E-state index in [-0.39, 0.29) is 5.91 Å². The largest absolute Gasteiger partial charge is 0.496 e. The first-order chi connectivity index (χ1) is 10.6. The molecule has 0 aromatic heterocycles. The van der Waals surface area contributed by atoms with E-state index < -0.39 is 0 Å². The van der Waals surface area contributed by atoms with Gasteiger partial charge in [0.1, 0.15) is 5.75 Å². The van der Waals surface area contributed by atoms with Gasteiger partial charge in [0, 0.05) is 23.2 Å². The number of ether oxygens (including phenoxy) is 1. The van der Waals surface area contributed by atoms with E-state index in [4.69, 9.17) is 16.3 Å². The minimum Gasteiger partial charge on any atom is -0.496 e. The van der Waals surface area contributed by atoms with Gasteiger partial charge in [0.05, 0.1) is 13.7 Å². The number of carbonyl (C=O) groups is 1. The number of hydrogen-bond acceptors (Lipinski definition) is 3. The molecule has 22 heavy (non-hydrogen) atoms. The van der Waals surface area contributed by atoms with Gasteiger partial charge in [0.2, 0.25) is 5.91 Å². The molecule has 1 atom stereocenters. The molecule has 0 bridgehead atoms. The quantitative estimate of drug-likeness (QED) is 0.873. The molecule has 122 valence electrons. The zero-order valence-electron chi connectivity index (χ0n) is 13.4. The number of halogens is 1. The second-order valence-corrected chi connectivity index (χ2v) is 6.20. The maximum Gasteiger partial charge on any atom is 0.234 e. The molecular formula is C17H25ClN2O2. The summed E-state index contributed by atoms with van der Waals surface area (Å²) in [6, 6.07) is 5.98. The molecule has 1 aliphatic rings. The average Bonchev–Trinajstić information content (AvgIpc) is 2.53. The van der Waals surface area contributed by atoms with E-state index in [1.807, 2.05) is 12.1 Å². The molecule has 1 unspecified atom stereocenters. The standard InChI is InChI=1S/C17H25ClN2O2/c1-3-15-6-4-5-9-20(15)12-17(21)19-11-13-10-14(18)7-8-16(13)22-2/h7-8,10,15H,3-6,9,11-12H2,1-2H3,(H,19,21). The Bertz CT molecular complexity index is 507. The zero-order chi connectivity index (χ0) is 15.9. The molecule has 2 rings (SSSR count). The van der Waals surface area contributed by atoms with Crippen LogP contribution in [0.25, 0.3) is 0 Å². The number of amides is 1. The van der Waals surface area contributed by atoms with Crippen LogP contribution in [0.5, 0.6) is 5.75 Å². The van der Waals surface area contributed by atoms with Gasteiger partial charge < -0.3 is 10.1 Å². The minimum atomic E-state index is 0.0578. The number of benzene rings is 1. The summed E-state index contributed by atoms with van der Waals surface area (Å²) < 4.78 is 5.30. The number of rotatable bonds is 6. The van der Waals surface area contributed by atoms with Crippen LogP contribution in [0, 0.1) is 0 Å². The Balaban J connectivity index is 1.88. The van der Waals surface area contributed by atoms with Gasteiger partial charge in [-0.15, -0.1) is 0 Å². The van der Waals surface area contributed by atoms with Gasteiger partial charge >= 0.3 is 0 Å². The number of nitrogens with one attached hydrogen (secondary N) is 1. The molecule has 4 nitrogen and oxygen atoms in total. The van der Waals surface area contributed by atoms with Gasteiger partial charge in [-0.3, -0.25) is 9.69 Å². The van der Waals surface area contributed by atoms with Crippen LogP contribution in [-0.4, -0.2) is 37.0 Å². The predicted molar refractivity (Wildman–Crippen MR) is 89.4 cm³/mol. The van der Waals surface area contributed by atoms with Gasteiger partial charge in [-0.1, -0.05) is 24.9 Å². The highest BCUT2D eigenvalue weighted by atomic mass is 35.5. The Morgan fingerprint density at radius 3 is 3.00 bits per heavy atom. The maximum absolute atomic E-state index is 12.2. The van der Waals surface area contributed by atoms with E-state index in [1.54, 1.807) is 13.2 Å². The van der Waals surface area contributed by atoms with Gasteiger partial charge in [-0.2, -0.15) is 0 Å². The number of nitrogens with zero attached hydrogens (tertiary/aromatic N) is 1. The Labute approximate surface area is 137 Å². The lowest BCUT2D eigenvalue weighted by atomic mass is 10.00. The van der Waals surface area contributed by atoms with Crippen molar-refractivity contribution in [2.75, 3.05) is 20.2 Å². The third-order valence-electron chi connectivity index (χ3n) is 4.29. The van der Waals surface area contributed by atoms with E-state index in [9.17, 15) is 4.79 Å². The molecule has 1 aliphatic heterocycles. The van der Waals surface area contributed by atoms with Crippen molar-refractivity contribution in [2.45, 2.75) is 45.2 Å². The third-order valence-corrected chi connectivity index (χ3v) is 4.52. The van der Waals surface area contributed by atoms with Crippen molar-refractivity contribution in [3.8, 4) is 5.75 Å². The minimum absolute atomic E-state index is 0.0578. The van der Waals surface area contributed by atoms with E-state index in [0.717, 1.165) is 24.3 Å². The smallest absolute Gasteiger partial charge is 0.234 e. The van der Waals surface area contributed by atoms with Crippen LogP contribution in [-0.2, 0) is 11.3 Å². The molecule has 1 fully saturated rings. The first-order valence-electron chi connectivity index (χ1n) is 7.97. The summed E-state index contributed by atoms with van der Waals surface area (Å²) in [5, 5.41) is 3.62. The van der Waals surface area contributed by atoms with Crippen LogP contribution < -0.4 is 10.1 Å². The van der Waals surface area contributed by atoms with Crippen molar-refractivity contribution >= 4 is 17.5 Å². The molecular weight excluding hydrogens is 300 g/mol. The summed E-state index contributed by atoms with van der Waals surface area (Å²) >= 11 is 6.01. The number of piperidine rings is 1. The van der Waals surface area contributed by atoms with Crippen molar-refractivity contribution in [1.29, 1.82) is 0 Å². The molecule has 1 aromatic carbocycles. The Hall–Kier alpha value is -1.26. The topological polar surface area (TPSA) is 41.6 Å². The first kappa shape index (κ1) is 17.1. The lowest BCUT2D eigenvalue weighted by Crippen LogP contribution is -2.45. The molecule has 5 heteroatoms.